The lowest BCUT2D eigenvalue weighted by atomic mass is 10.1. The molecule has 7 heteroatoms. The summed E-state index contributed by atoms with van der Waals surface area (Å²) in [7, 11) is 2.90. The number of hydrogen-bond donors (Lipinski definition) is 2. The number of aromatic nitrogens is 1. The largest absolute Gasteiger partial charge is 0.493 e. The molecular weight excluding hydrogens is 288 g/mol. The zero-order valence-corrected chi connectivity index (χ0v) is 12.3. The van der Waals surface area contributed by atoms with Crippen LogP contribution in [0.25, 0.3) is 10.9 Å². The Kier molecular flexibility index (Phi) is 3.20. The average Bonchev–Trinajstić information content (AvgIpc) is 3.31. The number of pyridine rings is 1. The third-order valence-corrected chi connectivity index (χ3v) is 3.87. The van der Waals surface area contributed by atoms with E-state index in [-0.39, 0.29) is 28.4 Å². The number of aromatic carboxylic acids is 1. The van der Waals surface area contributed by atoms with E-state index in [1.807, 2.05) is 0 Å². The Balaban J connectivity index is 2.49. The van der Waals surface area contributed by atoms with Crippen LogP contribution >= 0.6 is 0 Å². The fourth-order valence-corrected chi connectivity index (χ4v) is 2.66. The molecule has 3 N–H and O–H groups in total. The smallest absolute Gasteiger partial charge is 0.341 e. The SMILES string of the molecule is COc1cc2c(c(N)c1OC)c(=O)c(C(=O)O)cn2C1CC1. The highest BCUT2D eigenvalue weighted by atomic mass is 16.5. The van der Waals surface area contributed by atoms with Gasteiger partial charge in [-0.25, -0.2) is 4.79 Å². The number of hydrogen-bond acceptors (Lipinski definition) is 5. The molecule has 1 aliphatic rings. The summed E-state index contributed by atoms with van der Waals surface area (Å²) >= 11 is 0. The highest BCUT2D eigenvalue weighted by Gasteiger charge is 2.29. The molecule has 116 valence electrons. The zero-order valence-electron chi connectivity index (χ0n) is 12.3. The summed E-state index contributed by atoms with van der Waals surface area (Å²) in [5, 5.41) is 9.42. The fourth-order valence-electron chi connectivity index (χ4n) is 2.66. The molecule has 1 aliphatic carbocycles. The van der Waals surface area contributed by atoms with Gasteiger partial charge in [-0.2, -0.15) is 0 Å². The van der Waals surface area contributed by atoms with E-state index in [9.17, 15) is 14.7 Å². The quantitative estimate of drug-likeness (QED) is 0.832. The monoisotopic (exact) mass is 304 g/mol. The van der Waals surface area contributed by atoms with Crippen LogP contribution in [-0.4, -0.2) is 29.9 Å². The van der Waals surface area contributed by atoms with Crippen LogP contribution in [0, 0.1) is 0 Å². The lowest BCUT2D eigenvalue weighted by Gasteiger charge is -2.17. The Labute approximate surface area is 125 Å². The van der Waals surface area contributed by atoms with Gasteiger partial charge in [0.05, 0.1) is 30.8 Å². The second kappa shape index (κ2) is 4.94. The van der Waals surface area contributed by atoms with Gasteiger partial charge in [0.15, 0.2) is 11.5 Å². The molecule has 1 saturated carbocycles. The molecule has 2 aromatic rings. The predicted octanol–water partition coefficient (Wildman–Crippen LogP) is 1.63. The van der Waals surface area contributed by atoms with Crippen LogP contribution in [0.3, 0.4) is 0 Å². The minimum atomic E-state index is -1.27. The van der Waals surface area contributed by atoms with Gasteiger partial charge in [0.1, 0.15) is 5.56 Å². The van der Waals surface area contributed by atoms with Crippen LogP contribution in [0.4, 0.5) is 5.69 Å². The topological polar surface area (TPSA) is 104 Å². The van der Waals surface area contributed by atoms with Gasteiger partial charge in [0.2, 0.25) is 5.43 Å². The minimum Gasteiger partial charge on any atom is -0.493 e. The van der Waals surface area contributed by atoms with Gasteiger partial charge in [0, 0.05) is 18.3 Å². The Morgan fingerprint density at radius 2 is 2.05 bits per heavy atom. The van der Waals surface area contributed by atoms with Crippen molar-refractivity contribution in [3.63, 3.8) is 0 Å². The van der Waals surface area contributed by atoms with E-state index < -0.39 is 11.4 Å². The molecule has 1 heterocycles. The molecule has 0 spiro atoms. The maximum absolute atomic E-state index is 12.5. The van der Waals surface area contributed by atoms with Crippen molar-refractivity contribution in [2.24, 2.45) is 0 Å². The molecule has 1 aromatic heterocycles. The first kappa shape index (κ1) is 14.2. The van der Waals surface area contributed by atoms with Gasteiger partial charge < -0.3 is 24.9 Å². The first-order valence-electron chi connectivity index (χ1n) is 6.82. The summed E-state index contributed by atoms with van der Waals surface area (Å²) in [6.07, 6.45) is 3.26. The number of methoxy groups -OCH3 is 2. The number of ether oxygens (including phenoxy) is 2. The molecule has 0 saturated heterocycles. The van der Waals surface area contributed by atoms with Crippen molar-refractivity contribution in [3.05, 3.63) is 28.0 Å². The average molecular weight is 304 g/mol. The standard InChI is InChI=1S/C15H16N2O5/c1-21-10-5-9-11(12(16)14(10)22-2)13(18)8(15(19)20)6-17(9)7-3-4-7/h5-7H,3-4,16H2,1-2H3,(H,19,20). The molecule has 7 nitrogen and oxygen atoms in total. The lowest BCUT2D eigenvalue weighted by Crippen LogP contribution is -2.20. The van der Waals surface area contributed by atoms with Gasteiger partial charge in [-0.05, 0) is 12.8 Å². The van der Waals surface area contributed by atoms with Crippen molar-refractivity contribution in [3.8, 4) is 11.5 Å². The summed E-state index contributed by atoms with van der Waals surface area (Å²) in [6, 6.07) is 1.84. The van der Waals surface area contributed by atoms with Crippen molar-refractivity contribution < 1.29 is 19.4 Å². The number of carboxylic acids is 1. The van der Waals surface area contributed by atoms with E-state index in [1.165, 1.54) is 20.4 Å². The van der Waals surface area contributed by atoms with Gasteiger partial charge in [-0.3, -0.25) is 4.79 Å². The van der Waals surface area contributed by atoms with E-state index in [0.717, 1.165) is 12.8 Å². The van der Waals surface area contributed by atoms with E-state index in [4.69, 9.17) is 15.2 Å². The molecular formula is C15H16N2O5. The second-order valence-electron chi connectivity index (χ2n) is 5.24. The number of carboxylic acid groups (broad SMARTS) is 1. The molecule has 1 fully saturated rings. The summed E-state index contributed by atoms with van der Waals surface area (Å²) in [6.45, 7) is 0. The van der Waals surface area contributed by atoms with E-state index in [1.54, 1.807) is 10.6 Å². The summed E-state index contributed by atoms with van der Waals surface area (Å²) in [4.78, 5) is 23.8. The van der Waals surface area contributed by atoms with Crippen LogP contribution in [0.5, 0.6) is 11.5 Å². The van der Waals surface area contributed by atoms with Crippen LogP contribution in [0.15, 0.2) is 17.1 Å². The highest BCUT2D eigenvalue weighted by Crippen LogP contribution is 2.42. The van der Waals surface area contributed by atoms with Crippen molar-refractivity contribution in [1.82, 2.24) is 4.57 Å². The van der Waals surface area contributed by atoms with Gasteiger partial charge in [-0.15, -0.1) is 0 Å². The second-order valence-corrected chi connectivity index (χ2v) is 5.24. The number of anilines is 1. The van der Waals surface area contributed by atoms with Gasteiger partial charge in [0.25, 0.3) is 0 Å². The van der Waals surface area contributed by atoms with Gasteiger partial charge >= 0.3 is 5.97 Å². The first-order chi connectivity index (χ1) is 10.5. The molecule has 0 unspecified atom stereocenters. The molecule has 0 radical (unpaired) electrons. The maximum Gasteiger partial charge on any atom is 0.341 e. The Morgan fingerprint density at radius 1 is 1.36 bits per heavy atom. The third-order valence-electron chi connectivity index (χ3n) is 3.87. The third kappa shape index (κ3) is 1.97. The molecule has 0 amide bonds. The van der Waals surface area contributed by atoms with E-state index in [2.05, 4.69) is 0 Å². The van der Waals surface area contributed by atoms with Crippen molar-refractivity contribution in [2.45, 2.75) is 18.9 Å². The summed E-state index contributed by atoms with van der Waals surface area (Å²) < 4.78 is 12.3. The maximum atomic E-state index is 12.5. The number of carbonyl (C=O) groups is 1. The Morgan fingerprint density at radius 3 is 2.55 bits per heavy atom. The lowest BCUT2D eigenvalue weighted by molar-refractivity contribution is 0.0695. The molecule has 0 bridgehead atoms. The van der Waals surface area contributed by atoms with Crippen LogP contribution in [0.1, 0.15) is 29.2 Å². The zero-order chi connectivity index (χ0) is 16.0. The molecule has 0 aliphatic heterocycles. The first-order valence-corrected chi connectivity index (χ1v) is 6.82. The summed E-state index contributed by atoms with van der Waals surface area (Å²) in [5.74, 6) is -0.628. The summed E-state index contributed by atoms with van der Waals surface area (Å²) in [5.41, 5.74) is 5.81. The molecule has 0 atom stereocenters. The molecule has 22 heavy (non-hydrogen) atoms. The molecule has 1 aromatic carbocycles. The normalized spacial score (nSPS) is 14.1. The number of nitrogens with two attached hydrogens (primary N) is 1. The van der Waals surface area contributed by atoms with Crippen LogP contribution in [0.2, 0.25) is 0 Å². The number of rotatable bonds is 4. The van der Waals surface area contributed by atoms with E-state index in [0.29, 0.717) is 11.3 Å². The minimum absolute atomic E-state index is 0.0966. The van der Waals surface area contributed by atoms with Crippen LogP contribution in [-0.2, 0) is 0 Å². The number of nitrogen functional groups attached to an aromatic ring is 1. The Bertz CT molecular complexity index is 836. The van der Waals surface area contributed by atoms with Crippen molar-refractivity contribution >= 4 is 22.6 Å². The number of nitrogens with zero attached hydrogens (tertiary/aromatic N) is 1. The van der Waals surface area contributed by atoms with Crippen molar-refractivity contribution in [2.75, 3.05) is 20.0 Å². The fraction of sp³-hybridized carbons (Fsp3) is 0.333. The Hall–Kier alpha value is -2.70. The predicted molar refractivity (Wildman–Crippen MR) is 81.0 cm³/mol. The van der Waals surface area contributed by atoms with Crippen LogP contribution < -0.4 is 20.6 Å². The number of benzene rings is 1. The van der Waals surface area contributed by atoms with Crippen molar-refractivity contribution in [1.29, 1.82) is 0 Å². The number of fused-ring (bicyclic) bond motifs is 1. The van der Waals surface area contributed by atoms with Gasteiger partial charge in [-0.1, -0.05) is 0 Å². The molecule has 3 rings (SSSR count). The highest BCUT2D eigenvalue weighted by molar-refractivity contribution is 6.00. The van der Waals surface area contributed by atoms with E-state index >= 15 is 0 Å².